The van der Waals surface area contributed by atoms with Gasteiger partial charge in [0.15, 0.2) is 0 Å². The minimum absolute atomic E-state index is 0. The molecule has 124 valence electrons. The third-order valence-corrected chi connectivity index (χ3v) is 3.95. The second-order valence-corrected chi connectivity index (χ2v) is 6.79. The third kappa shape index (κ3) is 20.8. The predicted octanol–water partition coefficient (Wildman–Crippen LogP) is -0.276. The van der Waals surface area contributed by atoms with Gasteiger partial charge in [0.25, 0.3) is 10.1 Å². The molecule has 7 heteroatoms. The summed E-state index contributed by atoms with van der Waals surface area (Å²) in [5, 5.41) is 11.4. The van der Waals surface area contributed by atoms with E-state index in [-0.39, 0.29) is 63.0 Å². The molecule has 1 N–H and O–H groups in total. The van der Waals surface area contributed by atoms with Crippen molar-refractivity contribution in [1.82, 2.24) is 0 Å². The Labute approximate surface area is 177 Å². The Balaban J connectivity index is 0. The Bertz CT molecular complexity index is 396. The molecule has 0 fully saturated rings. The van der Waals surface area contributed by atoms with E-state index < -0.39 is 10.1 Å². The first-order chi connectivity index (χ1) is 9.95. The molecule has 0 spiro atoms. The largest absolute Gasteiger partial charge is 1.00 e. The van der Waals surface area contributed by atoms with Crippen molar-refractivity contribution in [2.24, 2.45) is 4.99 Å². The maximum atomic E-state index is 11.4. The Morgan fingerprint density at radius 2 is 1.64 bits per heavy atom. The van der Waals surface area contributed by atoms with Gasteiger partial charge in [-0.2, -0.15) is 8.42 Å². The molecule has 0 saturated carbocycles. The van der Waals surface area contributed by atoms with Crippen molar-refractivity contribution in [2.45, 2.75) is 64.2 Å². The first-order valence-corrected chi connectivity index (χ1v) is 9.33. The predicted molar refractivity (Wildman–Crippen MR) is 85.1 cm³/mol. The fourth-order valence-electron chi connectivity index (χ4n) is 1.95. The van der Waals surface area contributed by atoms with Gasteiger partial charge in [-0.1, -0.05) is 31.8 Å². The molecule has 0 unspecified atom stereocenters. The van der Waals surface area contributed by atoms with Gasteiger partial charge in [0, 0.05) is 6.54 Å². The molecule has 0 saturated heterocycles. The first kappa shape index (κ1) is 25.0. The van der Waals surface area contributed by atoms with Gasteiger partial charge in [0.2, 0.25) is 0 Å². The maximum Gasteiger partial charge on any atom is 1.00 e. The van der Waals surface area contributed by atoms with Gasteiger partial charge < -0.3 is 10.1 Å². The number of hydrogen-bond acceptors (Lipinski definition) is 4. The molecule has 0 aliphatic heterocycles. The van der Waals surface area contributed by atoms with Crippen LogP contribution in [0.3, 0.4) is 0 Å². The minimum atomic E-state index is -3.89. The molecule has 0 rings (SSSR count). The van der Waals surface area contributed by atoms with Crippen molar-refractivity contribution in [3.05, 3.63) is 12.7 Å². The molecule has 0 aromatic heterocycles. The standard InChI is InChI=1S/C15H29NO4S.K/c1-2-3-4-5-6-7-8-9-12-15(17)16-13-10-11-14-21(18,19)20;/h2H,1,3-14H2,(H,16,17)(H,18,19,20);/q;+1/p-1. The molecule has 0 radical (unpaired) electrons. The van der Waals surface area contributed by atoms with Gasteiger partial charge in [-0.15, -0.1) is 6.58 Å². The van der Waals surface area contributed by atoms with Crippen LogP contribution in [0.4, 0.5) is 0 Å². The van der Waals surface area contributed by atoms with Crippen LogP contribution in [0.5, 0.6) is 0 Å². The molecule has 0 aromatic carbocycles. The van der Waals surface area contributed by atoms with Gasteiger partial charge in [-0.3, -0.25) is 4.55 Å². The number of rotatable bonds is 14. The normalized spacial score (nSPS) is 12.0. The zero-order valence-electron chi connectivity index (χ0n) is 13.8. The average molecular weight is 358 g/mol. The van der Waals surface area contributed by atoms with Crippen LogP contribution < -0.4 is 56.5 Å². The Kier molecular flexibility index (Phi) is 18.9. The molecule has 0 aliphatic carbocycles. The quantitative estimate of drug-likeness (QED) is 0.116. The number of hydrogen-bond donors (Lipinski definition) is 1. The fourth-order valence-corrected chi connectivity index (χ4v) is 2.52. The van der Waals surface area contributed by atoms with Crippen molar-refractivity contribution in [3.63, 3.8) is 0 Å². The third-order valence-electron chi connectivity index (χ3n) is 3.15. The summed E-state index contributed by atoms with van der Waals surface area (Å²) in [6.07, 6.45) is 11.0. The number of aliphatic imine (C=N–C) groups is 1. The van der Waals surface area contributed by atoms with Gasteiger partial charge in [-0.05, 0) is 44.4 Å². The van der Waals surface area contributed by atoms with E-state index in [0.717, 1.165) is 25.7 Å². The molecule has 0 atom stereocenters. The summed E-state index contributed by atoms with van der Waals surface area (Å²) in [5.41, 5.74) is 0. The molecular weight excluding hydrogens is 329 g/mol. The molecule has 0 bridgehead atoms. The van der Waals surface area contributed by atoms with Crippen molar-refractivity contribution in [2.75, 3.05) is 12.3 Å². The van der Waals surface area contributed by atoms with E-state index in [4.69, 9.17) is 4.55 Å². The van der Waals surface area contributed by atoms with Crippen LogP contribution in [-0.4, -0.2) is 31.2 Å². The molecular formula is C15H28KNO4S. The maximum absolute atomic E-state index is 11.4. The van der Waals surface area contributed by atoms with E-state index in [1.165, 1.54) is 19.3 Å². The average Bonchev–Trinajstić information content (AvgIpc) is 2.40. The summed E-state index contributed by atoms with van der Waals surface area (Å²) in [6.45, 7) is 4.03. The van der Waals surface area contributed by atoms with Crippen molar-refractivity contribution in [1.29, 1.82) is 0 Å². The zero-order valence-corrected chi connectivity index (χ0v) is 17.7. The van der Waals surface area contributed by atoms with E-state index in [1.54, 1.807) is 0 Å². The first-order valence-electron chi connectivity index (χ1n) is 7.72. The van der Waals surface area contributed by atoms with Gasteiger partial charge >= 0.3 is 51.4 Å². The van der Waals surface area contributed by atoms with E-state index >= 15 is 0 Å². The van der Waals surface area contributed by atoms with E-state index in [2.05, 4.69) is 11.6 Å². The van der Waals surface area contributed by atoms with Crippen LogP contribution in [0.1, 0.15) is 64.2 Å². The summed E-state index contributed by atoms with van der Waals surface area (Å²) < 4.78 is 29.5. The molecule has 5 nitrogen and oxygen atoms in total. The topological polar surface area (TPSA) is 89.8 Å². The summed E-state index contributed by atoms with van der Waals surface area (Å²) in [7, 11) is -3.89. The summed E-state index contributed by atoms with van der Waals surface area (Å²) in [4.78, 5) is 3.88. The van der Waals surface area contributed by atoms with Crippen molar-refractivity contribution in [3.8, 4) is 0 Å². The molecule has 22 heavy (non-hydrogen) atoms. The smallest absolute Gasteiger partial charge is 0.862 e. The zero-order chi connectivity index (χ0) is 16.0. The fraction of sp³-hybridized carbons (Fsp3) is 0.800. The van der Waals surface area contributed by atoms with E-state index in [9.17, 15) is 13.5 Å². The Morgan fingerprint density at radius 1 is 1.05 bits per heavy atom. The summed E-state index contributed by atoms with van der Waals surface area (Å²) in [5.74, 6) is -0.365. The van der Waals surface area contributed by atoms with Gasteiger partial charge in [-0.25, -0.2) is 0 Å². The Hall–Kier alpha value is 0.756. The van der Waals surface area contributed by atoms with Crippen molar-refractivity contribution < 1.29 is 69.5 Å². The van der Waals surface area contributed by atoms with Gasteiger partial charge in [0.05, 0.1) is 5.75 Å². The van der Waals surface area contributed by atoms with Crippen LogP contribution in [0.2, 0.25) is 0 Å². The van der Waals surface area contributed by atoms with E-state index in [0.29, 0.717) is 25.8 Å². The van der Waals surface area contributed by atoms with Crippen LogP contribution in [0.25, 0.3) is 0 Å². The second-order valence-electron chi connectivity index (χ2n) is 5.22. The SMILES string of the molecule is C=CCCCCCCCCC([O-])=NCCCCS(=O)(=O)O.[K+]. The number of nitrogens with zero attached hydrogens (tertiary/aromatic N) is 1. The molecule has 0 amide bonds. The summed E-state index contributed by atoms with van der Waals surface area (Å²) in [6, 6.07) is 0. The van der Waals surface area contributed by atoms with E-state index in [1.807, 2.05) is 6.08 Å². The molecule has 0 heterocycles. The molecule has 0 aromatic rings. The van der Waals surface area contributed by atoms with Crippen LogP contribution in [-0.2, 0) is 10.1 Å². The monoisotopic (exact) mass is 357 g/mol. The number of unbranched alkanes of at least 4 members (excludes halogenated alkanes) is 7. The van der Waals surface area contributed by atoms with Gasteiger partial charge in [0.1, 0.15) is 0 Å². The van der Waals surface area contributed by atoms with Crippen LogP contribution in [0, 0.1) is 0 Å². The molecule has 0 aliphatic rings. The summed E-state index contributed by atoms with van der Waals surface area (Å²) >= 11 is 0. The number of allylic oxidation sites excluding steroid dienone is 1. The Morgan fingerprint density at radius 3 is 2.23 bits per heavy atom. The minimum Gasteiger partial charge on any atom is -0.862 e. The van der Waals surface area contributed by atoms with Crippen LogP contribution in [0.15, 0.2) is 17.6 Å². The second kappa shape index (κ2) is 16.6. The van der Waals surface area contributed by atoms with Crippen molar-refractivity contribution >= 4 is 16.0 Å². The van der Waals surface area contributed by atoms with Crippen LogP contribution >= 0.6 is 0 Å².